The molecule has 5 nitrogen and oxygen atoms in total. The molecule has 0 aliphatic carbocycles. The number of hydrogen-bond acceptors (Lipinski definition) is 4. The molecule has 26 heavy (non-hydrogen) atoms. The van der Waals surface area contributed by atoms with Gasteiger partial charge >= 0.3 is 0 Å². The second-order valence-electron chi connectivity index (χ2n) is 6.63. The summed E-state index contributed by atoms with van der Waals surface area (Å²) in [5.74, 6) is 0.402. The Hall–Kier alpha value is -2.24. The lowest BCUT2D eigenvalue weighted by Gasteiger charge is -2.36. The number of benzene rings is 2. The summed E-state index contributed by atoms with van der Waals surface area (Å²) in [6.45, 7) is 4.14. The Morgan fingerprint density at radius 2 is 1.85 bits per heavy atom. The molecule has 0 unspecified atom stereocenters. The molecule has 3 rings (SSSR count). The van der Waals surface area contributed by atoms with Crippen LogP contribution in [0.25, 0.3) is 0 Å². The fourth-order valence-electron chi connectivity index (χ4n) is 3.19. The van der Waals surface area contributed by atoms with Crippen molar-refractivity contribution >= 4 is 23.2 Å². The van der Waals surface area contributed by atoms with Gasteiger partial charge in [-0.2, -0.15) is 0 Å². The lowest BCUT2D eigenvalue weighted by atomic mass is 10.2. The van der Waals surface area contributed by atoms with Crippen molar-refractivity contribution in [3.8, 4) is 5.75 Å². The average molecular weight is 374 g/mol. The van der Waals surface area contributed by atoms with Gasteiger partial charge < -0.3 is 14.9 Å². The van der Waals surface area contributed by atoms with Crippen LogP contribution in [-0.4, -0.2) is 60.6 Å². The minimum Gasteiger partial charge on any atom is -0.506 e. The maximum atomic E-state index is 12.5. The van der Waals surface area contributed by atoms with Crippen LogP contribution in [0, 0.1) is 0 Å². The van der Waals surface area contributed by atoms with Crippen molar-refractivity contribution in [2.24, 2.45) is 0 Å². The smallest absolute Gasteiger partial charge is 0.236 e. The van der Waals surface area contributed by atoms with E-state index >= 15 is 0 Å². The highest BCUT2D eigenvalue weighted by Gasteiger charge is 2.22. The Kier molecular flexibility index (Phi) is 6.01. The number of carbonyl (C=O) groups is 1. The van der Waals surface area contributed by atoms with Crippen LogP contribution in [0.2, 0.25) is 5.02 Å². The number of hydrogen-bond donors (Lipinski definition) is 1. The van der Waals surface area contributed by atoms with Crippen LogP contribution in [-0.2, 0) is 11.3 Å². The topological polar surface area (TPSA) is 47.0 Å². The summed E-state index contributed by atoms with van der Waals surface area (Å²) < 4.78 is 0. The number of carbonyl (C=O) groups excluding carboxylic acids is 1. The van der Waals surface area contributed by atoms with E-state index in [1.54, 1.807) is 11.0 Å². The summed E-state index contributed by atoms with van der Waals surface area (Å²) in [6.07, 6.45) is 0. The van der Waals surface area contributed by atoms with E-state index in [9.17, 15) is 9.90 Å². The molecule has 1 heterocycles. The van der Waals surface area contributed by atoms with Crippen LogP contribution in [0.1, 0.15) is 5.56 Å². The number of piperazine rings is 1. The van der Waals surface area contributed by atoms with E-state index in [1.165, 1.54) is 0 Å². The van der Waals surface area contributed by atoms with Crippen molar-refractivity contribution in [3.05, 3.63) is 59.1 Å². The predicted octanol–water partition coefficient (Wildman–Crippen LogP) is 2.83. The van der Waals surface area contributed by atoms with Crippen molar-refractivity contribution in [1.29, 1.82) is 0 Å². The number of amides is 1. The molecule has 0 bridgehead atoms. The molecule has 6 heteroatoms. The lowest BCUT2D eigenvalue weighted by molar-refractivity contribution is -0.131. The number of phenols is 1. The molecule has 1 N–H and O–H groups in total. The molecule has 2 aromatic carbocycles. The highest BCUT2D eigenvalue weighted by Crippen LogP contribution is 2.27. The summed E-state index contributed by atoms with van der Waals surface area (Å²) in [7, 11) is 1.82. The van der Waals surface area contributed by atoms with E-state index < -0.39 is 0 Å². The Bertz CT molecular complexity index is 760. The standard InChI is InChI=1S/C20H24ClN3O2/c1-22(14-16-5-4-6-17(21)13-16)20(26)15-23-9-11-24(12-10-23)18-7-2-3-8-19(18)25/h2-8,13,25H,9-12,14-15H2,1H3. The number of aromatic hydroxyl groups is 1. The van der Waals surface area contributed by atoms with Gasteiger partial charge in [0.1, 0.15) is 5.75 Å². The SMILES string of the molecule is CN(Cc1cccc(Cl)c1)C(=O)CN1CCN(c2ccccc2O)CC1. The fraction of sp³-hybridized carbons (Fsp3) is 0.350. The van der Waals surface area contributed by atoms with Gasteiger partial charge in [-0.15, -0.1) is 0 Å². The van der Waals surface area contributed by atoms with Crippen LogP contribution >= 0.6 is 11.6 Å². The zero-order chi connectivity index (χ0) is 18.5. The number of phenolic OH excluding ortho intramolecular Hbond substituents is 1. The Labute approximate surface area is 159 Å². The summed E-state index contributed by atoms with van der Waals surface area (Å²) in [4.78, 5) is 18.6. The van der Waals surface area contributed by atoms with E-state index in [0.29, 0.717) is 23.9 Å². The number of anilines is 1. The van der Waals surface area contributed by atoms with Gasteiger partial charge in [-0.25, -0.2) is 0 Å². The van der Waals surface area contributed by atoms with Gasteiger partial charge in [0, 0.05) is 44.8 Å². The molecule has 1 aliphatic rings. The van der Waals surface area contributed by atoms with Crippen molar-refractivity contribution in [1.82, 2.24) is 9.80 Å². The predicted molar refractivity (Wildman–Crippen MR) is 105 cm³/mol. The van der Waals surface area contributed by atoms with E-state index in [-0.39, 0.29) is 5.91 Å². The van der Waals surface area contributed by atoms with Gasteiger partial charge in [0.2, 0.25) is 5.91 Å². The van der Waals surface area contributed by atoms with Crippen molar-refractivity contribution < 1.29 is 9.90 Å². The lowest BCUT2D eigenvalue weighted by Crippen LogP contribution is -2.49. The Morgan fingerprint density at radius 3 is 2.54 bits per heavy atom. The van der Waals surface area contributed by atoms with Crippen LogP contribution < -0.4 is 4.90 Å². The minimum absolute atomic E-state index is 0.0981. The monoisotopic (exact) mass is 373 g/mol. The molecular weight excluding hydrogens is 350 g/mol. The zero-order valence-electron chi connectivity index (χ0n) is 14.9. The van der Waals surface area contributed by atoms with Crippen LogP contribution in [0.15, 0.2) is 48.5 Å². The number of rotatable bonds is 5. The third-order valence-corrected chi connectivity index (χ3v) is 4.92. The van der Waals surface area contributed by atoms with E-state index in [1.807, 2.05) is 49.5 Å². The van der Waals surface area contributed by atoms with Gasteiger partial charge in [-0.1, -0.05) is 35.9 Å². The summed E-state index contributed by atoms with van der Waals surface area (Å²) in [6, 6.07) is 15.0. The molecule has 1 aliphatic heterocycles. The molecule has 0 spiro atoms. The zero-order valence-corrected chi connectivity index (χ0v) is 15.7. The minimum atomic E-state index is 0.0981. The third-order valence-electron chi connectivity index (χ3n) is 4.69. The van der Waals surface area contributed by atoms with Gasteiger partial charge in [-0.3, -0.25) is 9.69 Å². The van der Waals surface area contributed by atoms with Crippen molar-refractivity contribution in [2.75, 3.05) is 44.7 Å². The second-order valence-corrected chi connectivity index (χ2v) is 7.07. The van der Waals surface area contributed by atoms with Crippen molar-refractivity contribution in [3.63, 3.8) is 0 Å². The van der Waals surface area contributed by atoms with E-state index in [2.05, 4.69) is 9.80 Å². The first-order valence-electron chi connectivity index (χ1n) is 8.76. The fourth-order valence-corrected chi connectivity index (χ4v) is 3.40. The molecular formula is C20H24ClN3O2. The normalized spacial score (nSPS) is 15.1. The van der Waals surface area contributed by atoms with E-state index in [4.69, 9.17) is 11.6 Å². The summed E-state index contributed by atoms with van der Waals surface area (Å²) in [5, 5.41) is 10.7. The first kappa shape index (κ1) is 18.5. The van der Waals surface area contributed by atoms with Crippen molar-refractivity contribution in [2.45, 2.75) is 6.54 Å². The maximum Gasteiger partial charge on any atom is 0.236 e. The number of halogens is 1. The van der Waals surface area contributed by atoms with E-state index in [0.717, 1.165) is 37.4 Å². The van der Waals surface area contributed by atoms with Gasteiger partial charge in [0.15, 0.2) is 0 Å². The first-order valence-corrected chi connectivity index (χ1v) is 9.14. The van der Waals surface area contributed by atoms with Gasteiger partial charge in [-0.05, 0) is 29.8 Å². The van der Waals surface area contributed by atoms with Gasteiger partial charge in [0.05, 0.1) is 12.2 Å². The number of nitrogens with zero attached hydrogens (tertiary/aromatic N) is 3. The molecule has 2 aromatic rings. The summed E-state index contributed by atoms with van der Waals surface area (Å²) in [5.41, 5.74) is 1.88. The quantitative estimate of drug-likeness (QED) is 0.875. The molecule has 1 amide bonds. The highest BCUT2D eigenvalue weighted by atomic mass is 35.5. The second kappa shape index (κ2) is 8.43. The third kappa shape index (κ3) is 4.68. The Balaban J connectivity index is 1.49. The molecule has 0 atom stereocenters. The van der Waals surface area contributed by atoms with Crippen LogP contribution in [0.4, 0.5) is 5.69 Å². The maximum absolute atomic E-state index is 12.5. The molecule has 138 valence electrons. The summed E-state index contributed by atoms with van der Waals surface area (Å²) >= 11 is 6.00. The molecule has 0 saturated carbocycles. The van der Waals surface area contributed by atoms with Crippen LogP contribution in [0.3, 0.4) is 0 Å². The Morgan fingerprint density at radius 1 is 1.12 bits per heavy atom. The van der Waals surface area contributed by atoms with Crippen LogP contribution in [0.5, 0.6) is 5.75 Å². The molecule has 1 saturated heterocycles. The first-order chi connectivity index (χ1) is 12.5. The average Bonchev–Trinajstić information content (AvgIpc) is 2.63. The molecule has 1 fully saturated rings. The largest absolute Gasteiger partial charge is 0.506 e. The highest BCUT2D eigenvalue weighted by molar-refractivity contribution is 6.30. The molecule has 0 aromatic heterocycles. The van der Waals surface area contributed by atoms with Gasteiger partial charge in [0.25, 0.3) is 0 Å². The molecule has 0 radical (unpaired) electrons. The number of para-hydroxylation sites is 2. The number of likely N-dealkylation sites (N-methyl/N-ethyl adjacent to an activating group) is 1.